The highest BCUT2D eigenvalue weighted by Crippen LogP contribution is 2.13. The molecule has 1 atom stereocenters. The average molecular weight is 227 g/mol. The van der Waals surface area contributed by atoms with Crippen LogP contribution in [0.5, 0.6) is 0 Å². The van der Waals surface area contributed by atoms with Crippen LogP contribution in [-0.4, -0.2) is 17.6 Å². The Morgan fingerprint density at radius 2 is 2.47 bits per heavy atom. The van der Waals surface area contributed by atoms with Crippen molar-refractivity contribution in [3.05, 3.63) is 16.6 Å². The van der Waals surface area contributed by atoms with Crippen LogP contribution in [0.3, 0.4) is 0 Å². The van der Waals surface area contributed by atoms with Gasteiger partial charge >= 0.3 is 6.03 Å². The van der Waals surface area contributed by atoms with Gasteiger partial charge in [-0.1, -0.05) is 13.3 Å². The summed E-state index contributed by atoms with van der Waals surface area (Å²) >= 11 is 1.55. The molecule has 0 saturated heterocycles. The molecule has 84 valence electrons. The number of hydrogen-bond acceptors (Lipinski definition) is 3. The van der Waals surface area contributed by atoms with E-state index >= 15 is 0 Å². The molecule has 1 unspecified atom stereocenters. The van der Waals surface area contributed by atoms with Crippen molar-refractivity contribution in [3.63, 3.8) is 0 Å². The van der Waals surface area contributed by atoms with E-state index in [4.69, 9.17) is 0 Å². The lowest BCUT2D eigenvalue weighted by Gasteiger charge is -2.11. The molecule has 0 fully saturated rings. The van der Waals surface area contributed by atoms with Gasteiger partial charge in [0.1, 0.15) is 5.01 Å². The van der Waals surface area contributed by atoms with Gasteiger partial charge in [-0.05, 0) is 13.3 Å². The zero-order valence-corrected chi connectivity index (χ0v) is 9.93. The highest BCUT2D eigenvalue weighted by molar-refractivity contribution is 7.09. The summed E-state index contributed by atoms with van der Waals surface area (Å²) in [6.45, 7) is 4.75. The Morgan fingerprint density at radius 1 is 1.67 bits per heavy atom. The fraction of sp³-hybridized carbons (Fsp3) is 0.600. The molecule has 0 aliphatic rings. The Kier molecular flexibility index (Phi) is 5.10. The van der Waals surface area contributed by atoms with E-state index in [1.807, 2.05) is 12.3 Å². The Balaban J connectivity index is 2.26. The molecule has 5 heteroatoms. The van der Waals surface area contributed by atoms with Crippen LogP contribution in [-0.2, 0) is 0 Å². The molecule has 0 aromatic carbocycles. The number of carbonyl (C=O) groups excluding carboxylic acids is 1. The molecule has 0 radical (unpaired) electrons. The van der Waals surface area contributed by atoms with E-state index in [0.717, 1.165) is 24.4 Å². The lowest BCUT2D eigenvalue weighted by molar-refractivity contribution is 0.237. The molecule has 1 heterocycles. The van der Waals surface area contributed by atoms with Crippen molar-refractivity contribution in [2.75, 3.05) is 6.54 Å². The number of nitrogens with zero attached hydrogens (tertiary/aromatic N) is 1. The van der Waals surface area contributed by atoms with Gasteiger partial charge in [0.15, 0.2) is 0 Å². The van der Waals surface area contributed by atoms with Gasteiger partial charge < -0.3 is 10.6 Å². The zero-order chi connectivity index (χ0) is 11.1. The van der Waals surface area contributed by atoms with Crippen LogP contribution in [0, 0.1) is 0 Å². The molecule has 0 aliphatic carbocycles. The third-order valence-electron chi connectivity index (χ3n) is 1.99. The first-order chi connectivity index (χ1) is 7.24. The molecule has 0 aliphatic heterocycles. The van der Waals surface area contributed by atoms with Gasteiger partial charge in [0.2, 0.25) is 0 Å². The number of thiazole rings is 1. The second kappa shape index (κ2) is 6.40. The molecule has 0 saturated carbocycles. The predicted molar refractivity (Wildman–Crippen MR) is 62.0 cm³/mol. The summed E-state index contributed by atoms with van der Waals surface area (Å²) in [7, 11) is 0. The van der Waals surface area contributed by atoms with Crippen LogP contribution in [0.25, 0.3) is 0 Å². The largest absolute Gasteiger partial charge is 0.338 e. The SMILES string of the molecule is CCCCNC(=O)NC(C)c1nccs1. The normalized spacial score (nSPS) is 12.1. The highest BCUT2D eigenvalue weighted by Gasteiger charge is 2.10. The van der Waals surface area contributed by atoms with Gasteiger partial charge in [-0.2, -0.15) is 0 Å². The Hall–Kier alpha value is -1.10. The van der Waals surface area contributed by atoms with E-state index in [1.54, 1.807) is 17.5 Å². The third kappa shape index (κ3) is 4.29. The van der Waals surface area contributed by atoms with Crippen LogP contribution in [0.1, 0.15) is 37.7 Å². The fourth-order valence-electron chi connectivity index (χ4n) is 1.14. The molecule has 0 spiro atoms. The van der Waals surface area contributed by atoms with Crippen molar-refractivity contribution in [2.45, 2.75) is 32.7 Å². The number of carbonyl (C=O) groups is 1. The number of nitrogens with one attached hydrogen (secondary N) is 2. The monoisotopic (exact) mass is 227 g/mol. The van der Waals surface area contributed by atoms with Crippen LogP contribution in [0.2, 0.25) is 0 Å². The van der Waals surface area contributed by atoms with Crippen molar-refractivity contribution >= 4 is 17.4 Å². The maximum Gasteiger partial charge on any atom is 0.315 e. The Labute approximate surface area is 94.1 Å². The lowest BCUT2D eigenvalue weighted by atomic mass is 10.3. The Bertz CT molecular complexity index is 287. The maximum atomic E-state index is 11.4. The lowest BCUT2D eigenvalue weighted by Crippen LogP contribution is -2.37. The number of hydrogen-bond donors (Lipinski definition) is 2. The van der Waals surface area contributed by atoms with Crippen LogP contribution < -0.4 is 10.6 Å². The number of amides is 2. The molecule has 4 nitrogen and oxygen atoms in total. The minimum Gasteiger partial charge on any atom is -0.338 e. The van der Waals surface area contributed by atoms with Gasteiger partial charge in [0.05, 0.1) is 6.04 Å². The first-order valence-electron chi connectivity index (χ1n) is 5.17. The molecule has 1 aromatic heterocycles. The number of urea groups is 1. The summed E-state index contributed by atoms with van der Waals surface area (Å²) in [6, 6.07) is -0.141. The number of rotatable bonds is 5. The first-order valence-corrected chi connectivity index (χ1v) is 6.05. The zero-order valence-electron chi connectivity index (χ0n) is 9.12. The second-order valence-corrected chi connectivity index (χ2v) is 4.27. The van der Waals surface area contributed by atoms with E-state index in [0.29, 0.717) is 0 Å². The fourth-order valence-corrected chi connectivity index (χ4v) is 1.78. The maximum absolute atomic E-state index is 11.4. The Morgan fingerprint density at radius 3 is 3.07 bits per heavy atom. The van der Waals surface area contributed by atoms with Crippen molar-refractivity contribution in [1.82, 2.24) is 15.6 Å². The number of unbranched alkanes of at least 4 members (excludes halogenated alkanes) is 1. The summed E-state index contributed by atoms with van der Waals surface area (Å²) in [5, 5.41) is 8.48. The summed E-state index contributed by atoms with van der Waals surface area (Å²) in [4.78, 5) is 15.5. The van der Waals surface area contributed by atoms with Crippen molar-refractivity contribution in [2.24, 2.45) is 0 Å². The topological polar surface area (TPSA) is 54.0 Å². The van der Waals surface area contributed by atoms with Crippen LogP contribution in [0.4, 0.5) is 4.79 Å². The average Bonchev–Trinajstić information content (AvgIpc) is 2.70. The minimum absolute atomic E-state index is 0.0216. The van der Waals surface area contributed by atoms with Crippen molar-refractivity contribution in [1.29, 1.82) is 0 Å². The summed E-state index contributed by atoms with van der Waals surface area (Å²) < 4.78 is 0. The van der Waals surface area contributed by atoms with Gasteiger partial charge in [0, 0.05) is 18.1 Å². The molecule has 1 rings (SSSR count). The van der Waals surface area contributed by atoms with E-state index in [1.165, 1.54) is 0 Å². The second-order valence-electron chi connectivity index (χ2n) is 3.35. The molecule has 0 bridgehead atoms. The van der Waals surface area contributed by atoms with E-state index < -0.39 is 0 Å². The molecular weight excluding hydrogens is 210 g/mol. The standard InChI is InChI=1S/C10H17N3OS/c1-3-4-5-12-10(14)13-8(2)9-11-6-7-15-9/h6-8H,3-5H2,1-2H3,(H2,12,13,14). The summed E-state index contributed by atoms with van der Waals surface area (Å²) in [5.74, 6) is 0. The van der Waals surface area contributed by atoms with Crippen LogP contribution in [0.15, 0.2) is 11.6 Å². The van der Waals surface area contributed by atoms with Gasteiger partial charge in [-0.3, -0.25) is 0 Å². The van der Waals surface area contributed by atoms with E-state index in [-0.39, 0.29) is 12.1 Å². The van der Waals surface area contributed by atoms with Crippen molar-refractivity contribution in [3.8, 4) is 0 Å². The minimum atomic E-state index is -0.119. The third-order valence-corrected chi connectivity index (χ3v) is 2.94. The highest BCUT2D eigenvalue weighted by atomic mass is 32.1. The summed E-state index contributed by atoms with van der Waals surface area (Å²) in [6.07, 6.45) is 3.84. The predicted octanol–water partition coefficient (Wildman–Crippen LogP) is 2.30. The summed E-state index contributed by atoms with van der Waals surface area (Å²) in [5.41, 5.74) is 0. The van der Waals surface area contributed by atoms with E-state index in [9.17, 15) is 4.79 Å². The smallest absolute Gasteiger partial charge is 0.315 e. The molecule has 2 amide bonds. The molecule has 2 N–H and O–H groups in total. The van der Waals surface area contributed by atoms with E-state index in [2.05, 4.69) is 22.5 Å². The van der Waals surface area contributed by atoms with Crippen LogP contribution >= 0.6 is 11.3 Å². The number of aromatic nitrogens is 1. The van der Waals surface area contributed by atoms with Gasteiger partial charge in [-0.15, -0.1) is 11.3 Å². The quantitative estimate of drug-likeness (QED) is 0.758. The molecular formula is C10H17N3OS. The molecule has 1 aromatic rings. The molecule has 15 heavy (non-hydrogen) atoms. The van der Waals surface area contributed by atoms with Gasteiger partial charge in [-0.25, -0.2) is 9.78 Å². The van der Waals surface area contributed by atoms with Crippen molar-refractivity contribution < 1.29 is 4.79 Å². The van der Waals surface area contributed by atoms with Gasteiger partial charge in [0.25, 0.3) is 0 Å². The first kappa shape index (κ1) is 12.0.